The first kappa shape index (κ1) is 15.1. The molecule has 0 spiro atoms. The Balaban J connectivity index is 1.89. The van der Waals surface area contributed by atoms with Gasteiger partial charge >= 0.3 is 0 Å². The molecule has 0 aromatic carbocycles. The van der Waals surface area contributed by atoms with Crippen molar-refractivity contribution in [2.45, 2.75) is 62.4 Å². The van der Waals surface area contributed by atoms with Crippen LogP contribution in [0.3, 0.4) is 0 Å². The number of nitrogens with zero attached hydrogens (tertiary/aromatic N) is 2. The van der Waals surface area contributed by atoms with E-state index in [1.54, 1.807) is 6.07 Å². The van der Waals surface area contributed by atoms with Crippen molar-refractivity contribution in [1.82, 2.24) is 15.3 Å². The molecule has 0 aliphatic heterocycles. The van der Waals surface area contributed by atoms with Gasteiger partial charge in [0.05, 0.1) is 5.25 Å². The van der Waals surface area contributed by atoms with Crippen LogP contribution < -0.4 is 11.1 Å². The highest BCUT2D eigenvalue weighted by molar-refractivity contribution is 8.00. The number of hydrogen-bond donors (Lipinski definition) is 2. The standard InChI is InChI=1S/C14H22N4OS/c1-9-8-12(15)18-14(16-9)20-10(2)13(19)17-11-6-4-3-5-7-11/h8,10-11H,3-7H2,1-2H3,(H,17,19)(H2,15,16,18). The van der Waals surface area contributed by atoms with Crippen LogP contribution in [0.15, 0.2) is 11.2 Å². The zero-order valence-corrected chi connectivity index (χ0v) is 12.9. The smallest absolute Gasteiger partial charge is 0.233 e. The van der Waals surface area contributed by atoms with Crippen LogP contribution in [0, 0.1) is 6.92 Å². The number of carbonyl (C=O) groups is 1. The van der Waals surface area contributed by atoms with Gasteiger partial charge in [0.2, 0.25) is 5.91 Å². The van der Waals surface area contributed by atoms with E-state index in [-0.39, 0.29) is 11.2 Å². The van der Waals surface area contributed by atoms with Crippen LogP contribution >= 0.6 is 11.8 Å². The summed E-state index contributed by atoms with van der Waals surface area (Å²) in [6.07, 6.45) is 5.90. The van der Waals surface area contributed by atoms with Crippen molar-refractivity contribution in [1.29, 1.82) is 0 Å². The van der Waals surface area contributed by atoms with Gasteiger partial charge in [0, 0.05) is 17.8 Å². The lowest BCUT2D eigenvalue weighted by molar-refractivity contribution is -0.121. The highest BCUT2D eigenvalue weighted by atomic mass is 32.2. The maximum Gasteiger partial charge on any atom is 0.233 e. The van der Waals surface area contributed by atoms with Crippen LogP contribution in [-0.2, 0) is 4.79 Å². The molecule has 1 saturated carbocycles. The molecule has 1 aliphatic carbocycles. The number of rotatable bonds is 4. The molecule has 20 heavy (non-hydrogen) atoms. The van der Waals surface area contributed by atoms with Gasteiger partial charge in [0.1, 0.15) is 5.82 Å². The van der Waals surface area contributed by atoms with Crippen LogP contribution in [0.4, 0.5) is 5.82 Å². The molecule has 0 bridgehead atoms. The van der Waals surface area contributed by atoms with E-state index in [2.05, 4.69) is 15.3 Å². The summed E-state index contributed by atoms with van der Waals surface area (Å²) < 4.78 is 0. The summed E-state index contributed by atoms with van der Waals surface area (Å²) in [6.45, 7) is 3.75. The van der Waals surface area contributed by atoms with Crippen molar-refractivity contribution in [3.05, 3.63) is 11.8 Å². The number of nitrogens with one attached hydrogen (secondary N) is 1. The lowest BCUT2D eigenvalue weighted by Crippen LogP contribution is -2.40. The van der Waals surface area contributed by atoms with Gasteiger partial charge in [-0.05, 0) is 26.7 Å². The van der Waals surface area contributed by atoms with Gasteiger partial charge in [0.15, 0.2) is 5.16 Å². The molecule has 1 fully saturated rings. The van der Waals surface area contributed by atoms with Crippen molar-refractivity contribution in [3.8, 4) is 0 Å². The first-order chi connectivity index (χ1) is 9.54. The third kappa shape index (κ3) is 4.37. The normalized spacial score (nSPS) is 17.7. The van der Waals surface area contributed by atoms with E-state index >= 15 is 0 Å². The maximum absolute atomic E-state index is 12.2. The molecule has 1 heterocycles. The first-order valence-electron chi connectivity index (χ1n) is 7.13. The molecule has 1 aromatic heterocycles. The fraction of sp³-hybridized carbons (Fsp3) is 0.643. The van der Waals surface area contributed by atoms with Gasteiger partial charge < -0.3 is 11.1 Å². The number of carbonyl (C=O) groups excluding carboxylic acids is 1. The van der Waals surface area contributed by atoms with Gasteiger partial charge in [-0.2, -0.15) is 0 Å². The van der Waals surface area contributed by atoms with Crippen LogP contribution in [0.25, 0.3) is 0 Å². The van der Waals surface area contributed by atoms with E-state index in [0.29, 0.717) is 17.0 Å². The highest BCUT2D eigenvalue weighted by Crippen LogP contribution is 2.22. The minimum atomic E-state index is -0.210. The summed E-state index contributed by atoms with van der Waals surface area (Å²) in [5, 5.41) is 3.48. The Hall–Kier alpha value is -1.30. The predicted octanol–water partition coefficient (Wildman–Crippen LogP) is 2.30. The van der Waals surface area contributed by atoms with Gasteiger partial charge in [-0.25, -0.2) is 9.97 Å². The summed E-state index contributed by atoms with van der Waals surface area (Å²) >= 11 is 1.35. The molecule has 110 valence electrons. The Morgan fingerprint density at radius 3 is 2.75 bits per heavy atom. The quantitative estimate of drug-likeness (QED) is 0.658. The zero-order valence-electron chi connectivity index (χ0n) is 12.1. The van der Waals surface area contributed by atoms with Gasteiger partial charge in [-0.15, -0.1) is 0 Å². The molecular formula is C14H22N4OS. The van der Waals surface area contributed by atoms with E-state index in [9.17, 15) is 4.79 Å². The minimum Gasteiger partial charge on any atom is -0.384 e. The van der Waals surface area contributed by atoms with Crippen LogP contribution in [0.5, 0.6) is 0 Å². The number of aromatic nitrogens is 2. The number of aryl methyl sites for hydroxylation is 1. The number of nitrogens with two attached hydrogens (primary N) is 1. The summed E-state index contributed by atoms with van der Waals surface area (Å²) in [5.41, 5.74) is 6.52. The molecular weight excluding hydrogens is 272 g/mol. The van der Waals surface area contributed by atoms with Gasteiger partial charge in [0.25, 0.3) is 0 Å². The molecule has 6 heteroatoms. The second-order valence-electron chi connectivity index (χ2n) is 5.32. The molecule has 0 saturated heterocycles. The fourth-order valence-corrected chi connectivity index (χ4v) is 3.24. The van der Waals surface area contributed by atoms with Crippen molar-refractivity contribution < 1.29 is 4.79 Å². The van der Waals surface area contributed by atoms with Crippen molar-refractivity contribution in [2.75, 3.05) is 5.73 Å². The molecule has 1 amide bonds. The zero-order chi connectivity index (χ0) is 14.5. The Bertz CT molecular complexity index is 454. The average Bonchev–Trinajstić information content (AvgIpc) is 2.38. The number of amides is 1. The van der Waals surface area contributed by atoms with Crippen LogP contribution in [0.2, 0.25) is 0 Å². The van der Waals surface area contributed by atoms with Crippen molar-refractivity contribution in [3.63, 3.8) is 0 Å². The first-order valence-corrected chi connectivity index (χ1v) is 8.01. The molecule has 1 aromatic rings. The molecule has 1 atom stereocenters. The summed E-state index contributed by atoms with van der Waals surface area (Å²) in [7, 11) is 0. The number of anilines is 1. The third-order valence-corrected chi connectivity index (χ3v) is 4.42. The largest absolute Gasteiger partial charge is 0.384 e. The summed E-state index contributed by atoms with van der Waals surface area (Å²) in [4.78, 5) is 20.6. The Labute approximate surface area is 124 Å². The Morgan fingerprint density at radius 1 is 1.40 bits per heavy atom. The summed E-state index contributed by atoms with van der Waals surface area (Å²) in [5.74, 6) is 0.505. The van der Waals surface area contributed by atoms with Crippen LogP contribution in [-0.4, -0.2) is 27.2 Å². The Kier molecular flexibility index (Phi) is 5.23. The average molecular weight is 294 g/mol. The topological polar surface area (TPSA) is 80.9 Å². The SMILES string of the molecule is Cc1cc(N)nc(SC(C)C(=O)NC2CCCCC2)n1. The van der Waals surface area contributed by atoms with E-state index in [1.807, 2.05) is 13.8 Å². The predicted molar refractivity (Wildman–Crippen MR) is 81.5 cm³/mol. The monoisotopic (exact) mass is 294 g/mol. The van der Waals surface area contributed by atoms with Gasteiger partial charge in [-0.1, -0.05) is 31.0 Å². The third-order valence-electron chi connectivity index (χ3n) is 3.46. The number of thioether (sulfide) groups is 1. The maximum atomic E-state index is 12.2. The van der Waals surface area contributed by atoms with Gasteiger partial charge in [-0.3, -0.25) is 4.79 Å². The Morgan fingerprint density at radius 2 is 2.10 bits per heavy atom. The number of hydrogen-bond acceptors (Lipinski definition) is 5. The molecule has 1 unspecified atom stereocenters. The van der Waals surface area contributed by atoms with Crippen molar-refractivity contribution in [2.24, 2.45) is 0 Å². The number of nitrogen functional groups attached to an aromatic ring is 1. The molecule has 1 aliphatic rings. The molecule has 5 nitrogen and oxygen atoms in total. The molecule has 0 radical (unpaired) electrons. The lowest BCUT2D eigenvalue weighted by atomic mass is 9.95. The van der Waals surface area contributed by atoms with E-state index in [4.69, 9.17) is 5.73 Å². The molecule has 2 rings (SSSR count). The van der Waals surface area contributed by atoms with Crippen LogP contribution in [0.1, 0.15) is 44.7 Å². The highest BCUT2D eigenvalue weighted by Gasteiger charge is 2.21. The van der Waals surface area contributed by atoms with E-state index < -0.39 is 0 Å². The van der Waals surface area contributed by atoms with Crippen molar-refractivity contribution >= 4 is 23.5 Å². The second kappa shape index (κ2) is 6.92. The molecule has 3 N–H and O–H groups in total. The minimum absolute atomic E-state index is 0.0607. The lowest BCUT2D eigenvalue weighted by Gasteiger charge is -2.24. The van der Waals surface area contributed by atoms with E-state index in [1.165, 1.54) is 31.0 Å². The second-order valence-corrected chi connectivity index (χ2v) is 6.63. The fourth-order valence-electron chi connectivity index (χ4n) is 2.39. The summed E-state index contributed by atoms with van der Waals surface area (Å²) in [6, 6.07) is 2.05. The van der Waals surface area contributed by atoms with E-state index in [0.717, 1.165) is 18.5 Å².